The van der Waals surface area contributed by atoms with E-state index in [9.17, 15) is 9.59 Å². The Kier molecular flexibility index (Phi) is 16.4. The number of ether oxygens (including phenoxy) is 4. The lowest BCUT2D eigenvalue weighted by atomic mass is 9.77. The van der Waals surface area contributed by atoms with Gasteiger partial charge in [-0.15, -0.1) is 0 Å². The van der Waals surface area contributed by atoms with E-state index in [2.05, 4.69) is 158 Å². The fourth-order valence-corrected chi connectivity index (χ4v) is 14.8. The van der Waals surface area contributed by atoms with E-state index in [0.717, 1.165) is 26.2 Å². The third kappa shape index (κ3) is 12.2. The Labute approximate surface area is 389 Å². The quantitative estimate of drug-likeness (QED) is 0.115. The van der Waals surface area contributed by atoms with Crippen LogP contribution < -0.4 is 0 Å². The topological polar surface area (TPSA) is 118 Å². The average molecular weight is 903 g/mol. The molecule has 12 heteroatoms. The predicted octanol–water partition coefficient (Wildman–Crippen LogP) is 9.34. The normalized spacial score (nSPS) is 27.2. The summed E-state index contributed by atoms with van der Waals surface area (Å²) in [4.78, 5) is 68.6. The molecule has 12 nitrogen and oxygen atoms in total. The molecule has 0 spiro atoms. The molecule has 4 aliphatic rings. The second-order valence-corrected chi connectivity index (χ2v) is 25.1. The summed E-state index contributed by atoms with van der Waals surface area (Å²) >= 11 is 0. The molecular weight excluding hydrogens is 809 g/mol. The summed E-state index contributed by atoms with van der Waals surface area (Å²) in [5, 5.41) is 0. The minimum atomic E-state index is -1.34. The first-order valence-electron chi connectivity index (χ1n) is 25.0. The van der Waals surface area contributed by atoms with Gasteiger partial charge in [-0.25, -0.2) is 0 Å². The van der Waals surface area contributed by atoms with Crippen LogP contribution in [-0.4, -0.2) is 138 Å². The summed E-state index contributed by atoms with van der Waals surface area (Å²) in [6.45, 7) is 46.7. The van der Waals surface area contributed by atoms with Crippen LogP contribution in [0.3, 0.4) is 0 Å². The van der Waals surface area contributed by atoms with Crippen LogP contribution in [0.25, 0.3) is 0 Å². The highest BCUT2D eigenvalue weighted by atomic mass is 16.6. The molecule has 2 atom stereocenters. The molecule has 4 rings (SSSR count). The summed E-state index contributed by atoms with van der Waals surface area (Å²) < 4.78 is 25.6. The molecule has 4 fully saturated rings. The van der Waals surface area contributed by atoms with Crippen LogP contribution in [0.4, 0.5) is 0 Å². The van der Waals surface area contributed by atoms with Crippen LogP contribution in [0.1, 0.15) is 203 Å². The number of likely N-dealkylation sites (tertiary alicyclic amines) is 4. The highest BCUT2D eigenvalue weighted by molar-refractivity contribution is 5.89. The highest BCUT2D eigenvalue weighted by Crippen LogP contribution is 2.44. The van der Waals surface area contributed by atoms with Gasteiger partial charge in [0, 0.05) is 95.7 Å². The fourth-order valence-electron chi connectivity index (χ4n) is 14.8. The lowest BCUT2D eigenvalue weighted by molar-refractivity contribution is -0.183. The Morgan fingerprint density at radius 2 is 0.531 bits per heavy atom. The van der Waals surface area contributed by atoms with Crippen molar-refractivity contribution in [3.63, 3.8) is 0 Å². The number of piperidine rings is 4. The summed E-state index contributed by atoms with van der Waals surface area (Å²) in [5.41, 5.74) is -2.11. The Hall–Kier alpha value is -2.28. The van der Waals surface area contributed by atoms with Gasteiger partial charge in [0.05, 0.1) is 24.7 Å². The van der Waals surface area contributed by atoms with Crippen LogP contribution >= 0.6 is 0 Å². The van der Waals surface area contributed by atoms with Gasteiger partial charge in [-0.2, -0.15) is 0 Å². The van der Waals surface area contributed by atoms with Crippen molar-refractivity contribution in [3.8, 4) is 0 Å². The van der Waals surface area contributed by atoms with E-state index in [1.165, 1.54) is 0 Å². The standard InChI is InChI=1S/C52H94N4O8/c1-21-53-45(5,6)27-35(28-46(53,7)8)61-41(57)25-39(43(59)63-37-31-49(13,14)55(23-3)50(15,16)32-37)40(44(60)64-38-33-51(17,18)56(24-4)52(19,20)34-38)26-42(58)62-36-29-47(9,10)54(22-2)48(11,12)30-36/h35-40H,21-34H2,1-20H3. The van der Waals surface area contributed by atoms with Gasteiger partial charge in [0.2, 0.25) is 0 Å². The monoisotopic (exact) mass is 903 g/mol. The molecule has 0 bridgehead atoms. The molecule has 0 amide bonds. The van der Waals surface area contributed by atoms with Gasteiger partial charge in [0.15, 0.2) is 0 Å². The van der Waals surface area contributed by atoms with Gasteiger partial charge in [-0.3, -0.25) is 38.8 Å². The van der Waals surface area contributed by atoms with Gasteiger partial charge in [0.1, 0.15) is 24.4 Å². The molecule has 0 N–H and O–H groups in total. The first-order valence-corrected chi connectivity index (χ1v) is 25.0. The smallest absolute Gasteiger partial charge is 0.310 e. The highest BCUT2D eigenvalue weighted by Gasteiger charge is 2.52. The van der Waals surface area contributed by atoms with E-state index in [0.29, 0.717) is 51.4 Å². The average Bonchev–Trinajstić information content (AvgIpc) is 3.06. The second kappa shape index (κ2) is 19.4. The molecule has 0 radical (unpaired) electrons. The Morgan fingerprint density at radius 3 is 0.703 bits per heavy atom. The predicted molar refractivity (Wildman–Crippen MR) is 255 cm³/mol. The number of hydrogen-bond donors (Lipinski definition) is 0. The fraction of sp³-hybridized carbons (Fsp3) is 0.923. The molecule has 0 aromatic rings. The summed E-state index contributed by atoms with van der Waals surface area (Å²) in [5.74, 6) is -5.24. The van der Waals surface area contributed by atoms with Crippen LogP contribution in [0.15, 0.2) is 0 Å². The van der Waals surface area contributed by atoms with Crippen molar-refractivity contribution in [2.75, 3.05) is 26.2 Å². The van der Waals surface area contributed by atoms with E-state index in [1.807, 2.05) is 0 Å². The zero-order valence-electron chi connectivity index (χ0n) is 44.4. The van der Waals surface area contributed by atoms with Gasteiger partial charge < -0.3 is 18.9 Å². The largest absolute Gasteiger partial charge is 0.462 e. The summed E-state index contributed by atoms with van der Waals surface area (Å²) in [6.07, 6.45) is 2.17. The molecule has 0 aliphatic carbocycles. The summed E-state index contributed by atoms with van der Waals surface area (Å²) in [7, 11) is 0. The minimum Gasteiger partial charge on any atom is -0.462 e. The summed E-state index contributed by atoms with van der Waals surface area (Å²) in [6, 6.07) is 0. The number of nitrogens with zero attached hydrogens (tertiary/aromatic N) is 4. The van der Waals surface area contributed by atoms with Gasteiger partial charge in [0.25, 0.3) is 0 Å². The van der Waals surface area contributed by atoms with Crippen LogP contribution in [0.5, 0.6) is 0 Å². The first-order chi connectivity index (χ1) is 29.1. The van der Waals surface area contributed by atoms with Crippen LogP contribution in [0.2, 0.25) is 0 Å². The Morgan fingerprint density at radius 1 is 0.359 bits per heavy atom. The van der Waals surface area contributed by atoms with E-state index in [4.69, 9.17) is 18.9 Å². The molecule has 4 aliphatic heterocycles. The van der Waals surface area contributed by atoms with Crippen molar-refractivity contribution in [1.82, 2.24) is 19.6 Å². The zero-order chi connectivity index (χ0) is 48.8. The molecule has 4 heterocycles. The lowest BCUT2D eigenvalue weighted by Gasteiger charge is -2.55. The number of carbonyl (C=O) groups excluding carboxylic acids is 4. The van der Waals surface area contributed by atoms with E-state index in [1.54, 1.807) is 0 Å². The van der Waals surface area contributed by atoms with Crippen molar-refractivity contribution < 1.29 is 38.1 Å². The van der Waals surface area contributed by atoms with Crippen LogP contribution in [0, 0.1) is 11.8 Å². The first kappa shape index (κ1) is 54.3. The van der Waals surface area contributed by atoms with E-state index >= 15 is 9.59 Å². The molecule has 64 heavy (non-hydrogen) atoms. The molecular formula is C52H94N4O8. The number of hydrogen-bond acceptors (Lipinski definition) is 12. The van der Waals surface area contributed by atoms with E-state index in [-0.39, 0.29) is 44.3 Å². The SMILES string of the molecule is CCN1C(C)(C)CC(OC(=O)CC(C(=O)OC2CC(C)(C)N(CC)C(C)(C)C2)C(CC(=O)OC2CC(C)(C)N(CC)C(C)(C)C2)C(=O)OC2CC(C)(C)N(CC)C(C)(C)C2)CC1(C)C. The maximum Gasteiger partial charge on any atom is 0.310 e. The van der Waals surface area contributed by atoms with Gasteiger partial charge in [-0.1, -0.05) is 27.7 Å². The number of rotatable bonds is 15. The van der Waals surface area contributed by atoms with Crippen molar-refractivity contribution in [2.24, 2.45) is 11.8 Å². The molecule has 0 aromatic carbocycles. The Balaban J connectivity index is 1.74. The van der Waals surface area contributed by atoms with Gasteiger partial charge >= 0.3 is 23.9 Å². The lowest BCUT2D eigenvalue weighted by Crippen LogP contribution is -2.62. The Bertz CT molecular complexity index is 1470. The zero-order valence-corrected chi connectivity index (χ0v) is 44.4. The number of esters is 4. The van der Waals surface area contributed by atoms with Crippen molar-refractivity contribution in [3.05, 3.63) is 0 Å². The maximum absolute atomic E-state index is 15.0. The van der Waals surface area contributed by atoms with Crippen LogP contribution in [-0.2, 0) is 38.1 Å². The van der Waals surface area contributed by atoms with Gasteiger partial charge in [-0.05, 0) is 137 Å². The molecule has 0 aromatic heterocycles. The third-order valence-electron chi connectivity index (χ3n) is 16.0. The second-order valence-electron chi connectivity index (χ2n) is 25.1. The molecule has 2 unspecified atom stereocenters. The van der Waals surface area contributed by atoms with Crippen molar-refractivity contribution >= 4 is 23.9 Å². The van der Waals surface area contributed by atoms with Crippen molar-refractivity contribution in [1.29, 1.82) is 0 Å². The van der Waals surface area contributed by atoms with Crippen molar-refractivity contribution in [2.45, 2.75) is 271 Å². The molecule has 370 valence electrons. The molecule has 0 saturated carbocycles. The number of carbonyl (C=O) groups is 4. The van der Waals surface area contributed by atoms with E-state index < -0.39 is 73.0 Å². The maximum atomic E-state index is 15.0. The minimum absolute atomic E-state index is 0.242. The third-order valence-corrected chi connectivity index (χ3v) is 16.0. The molecule has 4 saturated heterocycles.